The fraction of sp³-hybridized carbons (Fsp3) is 0.462. The monoisotopic (exact) mass is 424 g/mol. The molecule has 3 rings (SSSR count). The number of benzene rings is 2. The maximum absolute atomic E-state index is 10.1. The van der Waals surface area contributed by atoms with Crippen molar-refractivity contribution in [2.75, 3.05) is 6.61 Å². The van der Waals surface area contributed by atoms with Crippen LogP contribution in [0, 0.1) is 13.8 Å². The zero-order valence-electron chi connectivity index (χ0n) is 19.7. The van der Waals surface area contributed by atoms with E-state index in [4.69, 9.17) is 9.16 Å². The third kappa shape index (κ3) is 4.50. The van der Waals surface area contributed by atoms with Crippen LogP contribution in [0.15, 0.2) is 30.3 Å². The second kappa shape index (κ2) is 8.24. The molecule has 3 nitrogen and oxygen atoms in total. The van der Waals surface area contributed by atoms with Gasteiger partial charge in [0, 0.05) is 18.1 Å². The second-order valence-electron chi connectivity index (χ2n) is 10.1. The van der Waals surface area contributed by atoms with E-state index < -0.39 is 8.32 Å². The summed E-state index contributed by atoms with van der Waals surface area (Å²) < 4.78 is 12.5. The van der Waals surface area contributed by atoms with Crippen LogP contribution in [0.1, 0.15) is 56.4 Å². The third-order valence-corrected chi connectivity index (χ3v) is 11.1. The summed E-state index contributed by atoms with van der Waals surface area (Å²) in [5, 5.41) is 10.3. The molecule has 0 heterocycles. The minimum atomic E-state index is -1.75. The second-order valence-corrected chi connectivity index (χ2v) is 14.8. The number of hydrogen-bond donors (Lipinski definition) is 1. The van der Waals surface area contributed by atoms with Crippen molar-refractivity contribution >= 4 is 20.2 Å². The minimum absolute atomic E-state index is 0.185. The van der Waals surface area contributed by atoms with Gasteiger partial charge in [-0.05, 0) is 84.9 Å². The first-order chi connectivity index (χ1) is 13.9. The molecule has 162 valence electrons. The molecule has 0 radical (unpaired) electrons. The third-order valence-electron chi connectivity index (χ3n) is 6.52. The van der Waals surface area contributed by atoms with Gasteiger partial charge in [-0.25, -0.2) is 0 Å². The van der Waals surface area contributed by atoms with E-state index in [1.54, 1.807) is 0 Å². The molecule has 1 aliphatic rings. The van der Waals surface area contributed by atoms with Crippen molar-refractivity contribution in [3.05, 3.63) is 52.6 Å². The number of aliphatic hydroxyl groups excluding tert-OH is 1. The lowest BCUT2D eigenvalue weighted by Gasteiger charge is -2.38. The van der Waals surface area contributed by atoms with Crippen molar-refractivity contribution in [2.45, 2.75) is 72.2 Å². The van der Waals surface area contributed by atoms with Crippen LogP contribution in [0.3, 0.4) is 0 Å². The van der Waals surface area contributed by atoms with E-state index in [9.17, 15) is 5.11 Å². The van der Waals surface area contributed by atoms with Crippen LogP contribution in [-0.4, -0.2) is 26.1 Å². The normalized spacial score (nSPS) is 14.6. The molecular formula is C26H36O3Si. The largest absolute Gasteiger partial charge is 0.507 e. The Morgan fingerprint density at radius 3 is 2.23 bits per heavy atom. The van der Waals surface area contributed by atoms with Gasteiger partial charge in [0.2, 0.25) is 0 Å². The summed E-state index contributed by atoms with van der Waals surface area (Å²) in [7, 11) is -1.75. The maximum atomic E-state index is 10.1. The zero-order chi connectivity index (χ0) is 22.3. The molecule has 0 aromatic heterocycles. The van der Waals surface area contributed by atoms with Gasteiger partial charge < -0.3 is 14.3 Å². The van der Waals surface area contributed by atoms with Crippen molar-refractivity contribution in [1.29, 1.82) is 0 Å². The Morgan fingerprint density at radius 2 is 1.67 bits per heavy atom. The van der Waals surface area contributed by atoms with Gasteiger partial charge in [-0.2, -0.15) is 0 Å². The highest BCUT2D eigenvalue weighted by molar-refractivity contribution is 6.74. The lowest BCUT2D eigenvalue weighted by atomic mass is 9.84. The molecule has 0 fully saturated rings. The molecular weight excluding hydrogens is 388 g/mol. The Hall–Kier alpha value is -2.04. The first-order valence-electron chi connectivity index (χ1n) is 10.9. The fourth-order valence-electron chi connectivity index (χ4n) is 3.84. The summed E-state index contributed by atoms with van der Waals surface area (Å²) in [6.07, 6.45) is 2.87. The Kier molecular flexibility index (Phi) is 6.22. The van der Waals surface area contributed by atoms with E-state index in [1.165, 1.54) is 5.56 Å². The molecule has 4 heteroatoms. The van der Waals surface area contributed by atoms with Crippen molar-refractivity contribution < 1.29 is 14.3 Å². The van der Waals surface area contributed by atoms with Gasteiger partial charge in [0.05, 0.1) is 6.61 Å². The summed E-state index contributed by atoms with van der Waals surface area (Å²) in [5.41, 5.74) is 6.63. The van der Waals surface area contributed by atoms with Gasteiger partial charge in [0.15, 0.2) is 8.32 Å². The molecule has 1 aliphatic carbocycles. The van der Waals surface area contributed by atoms with Crippen molar-refractivity contribution in [2.24, 2.45) is 0 Å². The lowest BCUT2D eigenvalue weighted by Crippen LogP contribution is -2.43. The predicted octanol–water partition coefficient (Wildman–Crippen LogP) is 7.52. The number of fused-ring (bicyclic) bond motifs is 1. The zero-order valence-corrected chi connectivity index (χ0v) is 20.7. The molecule has 0 bridgehead atoms. The molecule has 0 spiro atoms. The van der Waals surface area contributed by atoms with Gasteiger partial charge in [-0.3, -0.25) is 0 Å². The maximum Gasteiger partial charge on any atom is 0.192 e. The van der Waals surface area contributed by atoms with Crippen LogP contribution in [-0.2, 0) is 4.43 Å². The van der Waals surface area contributed by atoms with E-state index in [2.05, 4.69) is 72.8 Å². The van der Waals surface area contributed by atoms with E-state index in [0.717, 1.165) is 40.0 Å². The molecule has 2 aromatic carbocycles. The van der Waals surface area contributed by atoms with Crippen molar-refractivity contribution in [3.8, 4) is 16.9 Å². The van der Waals surface area contributed by atoms with Crippen LogP contribution in [0.5, 0.6) is 5.75 Å². The quantitative estimate of drug-likeness (QED) is 0.467. The predicted molar refractivity (Wildman–Crippen MR) is 130 cm³/mol. The van der Waals surface area contributed by atoms with Crippen molar-refractivity contribution in [3.63, 3.8) is 0 Å². The molecule has 0 saturated carbocycles. The standard InChI is InChI=1S/C26H36O3Si/c1-17-14-21(28-13-12-19(3)29-30(7,8)26(4,5)6)15-18(2)24(17)22-11-9-10-20-16-23(27)25(20)22/h9-11,14-16,19,27H,12-13H2,1-8H3/t19-/m1/s1. The summed E-state index contributed by atoms with van der Waals surface area (Å²) in [4.78, 5) is 0. The number of aryl methyl sites for hydroxylation is 2. The fourth-order valence-corrected chi connectivity index (χ4v) is 5.32. The van der Waals surface area contributed by atoms with Crippen LogP contribution >= 0.6 is 0 Å². The van der Waals surface area contributed by atoms with Crippen molar-refractivity contribution in [1.82, 2.24) is 0 Å². The van der Waals surface area contributed by atoms with E-state index in [1.807, 2.05) is 18.2 Å². The lowest BCUT2D eigenvalue weighted by molar-refractivity contribution is 0.161. The summed E-state index contributed by atoms with van der Waals surface area (Å²) in [5.74, 6) is 1.26. The molecule has 30 heavy (non-hydrogen) atoms. The minimum Gasteiger partial charge on any atom is -0.507 e. The Bertz CT molecular complexity index is 944. The van der Waals surface area contributed by atoms with E-state index in [0.29, 0.717) is 12.4 Å². The topological polar surface area (TPSA) is 38.7 Å². The number of aliphatic hydroxyl groups is 1. The van der Waals surface area contributed by atoms with Gasteiger partial charge >= 0.3 is 0 Å². The van der Waals surface area contributed by atoms with Crippen LogP contribution in [0.25, 0.3) is 23.0 Å². The highest BCUT2D eigenvalue weighted by Crippen LogP contribution is 2.42. The highest BCUT2D eigenvalue weighted by Gasteiger charge is 2.38. The highest BCUT2D eigenvalue weighted by atomic mass is 28.4. The number of ether oxygens (including phenoxy) is 1. The smallest absolute Gasteiger partial charge is 0.192 e. The Morgan fingerprint density at radius 1 is 1.03 bits per heavy atom. The number of rotatable bonds is 7. The van der Waals surface area contributed by atoms with Gasteiger partial charge in [-0.15, -0.1) is 0 Å². The molecule has 0 saturated heterocycles. The van der Waals surface area contributed by atoms with Crippen LogP contribution in [0.2, 0.25) is 18.1 Å². The van der Waals surface area contributed by atoms with Gasteiger partial charge in [0.1, 0.15) is 11.5 Å². The molecule has 1 N–H and O–H groups in total. The molecule has 1 atom stereocenters. The van der Waals surface area contributed by atoms with Crippen LogP contribution in [0.4, 0.5) is 0 Å². The number of hydrogen-bond acceptors (Lipinski definition) is 3. The molecule has 2 aromatic rings. The van der Waals surface area contributed by atoms with Gasteiger partial charge in [-0.1, -0.05) is 39.0 Å². The SMILES string of the molecule is Cc1cc(OCC[C@@H](C)O[Si](C)(C)C(C)(C)C)cc(C)c1-c1cccc2c1C(O)=C2. The molecule has 0 unspecified atom stereocenters. The summed E-state index contributed by atoms with van der Waals surface area (Å²) >= 11 is 0. The molecule has 0 amide bonds. The first kappa shape index (κ1) is 22.6. The Labute approximate surface area is 182 Å². The van der Waals surface area contributed by atoms with E-state index in [-0.39, 0.29) is 11.1 Å². The molecule has 0 aliphatic heterocycles. The Balaban J connectivity index is 1.67. The van der Waals surface area contributed by atoms with Crippen LogP contribution < -0.4 is 4.74 Å². The van der Waals surface area contributed by atoms with Gasteiger partial charge in [0.25, 0.3) is 0 Å². The average Bonchev–Trinajstić information content (AvgIpc) is 2.58. The van der Waals surface area contributed by atoms with E-state index >= 15 is 0 Å². The summed E-state index contributed by atoms with van der Waals surface area (Å²) in [6, 6.07) is 10.4. The summed E-state index contributed by atoms with van der Waals surface area (Å²) in [6.45, 7) is 18.4. The average molecular weight is 425 g/mol. The first-order valence-corrected chi connectivity index (χ1v) is 13.8.